The van der Waals surface area contributed by atoms with Gasteiger partial charge in [0, 0.05) is 0 Å². The van der Waals surface area contributed by atoms with Crippen LogP contribution < -0.4 is 29.6 Å². The number of carbonyl (C=O) groups is 2. The second-order valence-electron chi connectivity index (χ2n) is 6.28. The minimum absolute atomic E-state index is 0. The fraction of sp³-hybridized carbons (Fsp3) is 0.889. The van der Waals surface area contributed by atoms with E-state index in [9.17, 15) is 22.6 Å². The molecular formula is C18H35NaO9S. The summed E-state index contributed by atoms with van der Waals surface area (Å²) in [5.41, 5.74) is 0. The van der Waals surface area contributed by atoms with E-state index in [1.54, 1.807) is 0 Å². The van der Waals surface area contributed by atoms with Gasteiger partial charge in [-0.3, -0.25) is 4.18 Å². The van der Waals surface area contributed by atoms with E-state index < -0.39 is 34.5 Å². The molecule has 0 fully saturated rings. The summed E-state index contributed by atoms with van der Waals surface area (Å²) in [4.78, 5) is 21.8. The molecule has 168 valence electrons. The average molecular weight is 451 g/mol. The molecule has 0 aliphatic rings. The Morgan fingerprint density at radius 3 is 1.62 bits per heavy atom. The number of hydrogen-bond acceptors (Lipinski definition) is 9. The molecule has 0 amide bonds. The van der Waals surface area contributed by atoms with E-state index in [-0.39, 0.29) is 36.2 Å². The van der Waals surface area contributed by atoms with Crippen molar-refractivity contribution >= 4 is 22.3 Å². The summed E-state index contributed by atoms with van der Waals surface area (Å²) in [7, 11) is -4.86. The summed E-state index contributed by atoms with van der Waals surface area (Å²) in [5, 5.41) is 8.75. The maximum absolute atomic E-state index is 11.1. The van der Waals surface area contributed by atoms with E-state index in [1.165, 1.54) is 19.8 Å². The predicted molar refractivity (Wildman–Crippen MR) is 102 cm³/mol. The van der Waals surface area contributed by atoms with Crippen LogP contribution in [0.25, 0.3) is 0 Å². The molecule has 0 saturated heterocycles. The average Bonchev–Trinajstić information content (AvgIpc) is 2.60. The van der Waals surface area contributed by atoms with Crippen LogP contribution in [-0.4, -0.2) is 55.4 Å². The van der Waals surface area contributed by atoms with Gasteiger partial charge in [-0.15, -0.1) is 0 Å². The maximum Gasteiger partial charge on any atom is 1.00 e. The third kappa shape index (κ3) is 25.7. The smallest absolute Gasteiger partial charge is 0.726 e. The molecule has 0 bridgehead atoms. The second kappa shape index (κ2) is 21.0. The van der Waals surface area contributed by atoms with Crippen LogP contribution in [0.1, 0.15) is 79.1 Å². The van der Waals surface area contributed by atoms with Gasteiger partial charge in [0.25, 0.3) is 0 Å². The van der Waals surface area contributed by atoms with E-state index in [0.29, 0.717) is 6.61 Å². The maximum atomic E-state index is 11.1. The van der Waals surface area contributed by atoms with Gasteiger partial charge in [0.15, 0.2) is 6.10 Å². The Hall–Kier alpha value is -0.230. The largest absolute Gasteiger partial charge is 1.00 e. The molecule has 2 atom stereocenters. The first-order valence-corrected chi connectivity index (χ1v) is 11.0. The molecule has 0 saturated carbocycles. The molecule has 9 nitrogen and oxygen atoms in total. The third-order valence-electron chi connectivity index (χ3n) is 3.42. The third-order valence-corrected chi connectivity index (χ3v) is 3.94. The van der Waals surface area contributed by atoms with Gasteiger partial charge in [-0.2, -0.15) is 0 Å². The van der Waals surface area contributed by atoms with Gasteiger partial charge in [0.05, 0.1) is 13.2 Å². The molecule has 0 aliphatic carbocycles. The number of aliphatic hydroxyl groups is 1. The van der Waals surface area contributed by atoms with Gasteiger partial charge >= 0.3 is 41.5 Å². The zero-order valence-corrected chi connectivity index (χ0v) is 21.2. The number of aliphatic hydroxyl groups excluding tert-OH is 1. The van der Waals surface area contributed by atoms with E-state index in [4.69, 9.17) is 14.6 Å². The minimum atomic E-state index is -4.86. The van der Waals surface area contributed by atoms with Gasteiger partial charge in [-0.1, -0.05) is 52.4 Å². The fourth-order valence-electron chi connectivity index (χ4n) is 1.86. The first kappa shape index (κ1) is 33.4. The molecule has 0 rings (SSSR count). The van der Waals surface area contributed by atoms with Crippen LogP contribution in [0.2, 0.25) is 0 Å². The first-order chi connectivity index (χ1) is 13.0. The van der Waals surface area contributed by atoms with Crippen molar-refractivity contribution in [2.24, 2.45) is 0 Å². The Labute approximate surface area is 197 Å². The number of carbonyl (C=O) groups excluding carboxylic acids is 2. The predicted octanol–water partition coefficient (Wildman–Crippen LogP) is -0.530. The molecule has 0 aliphatic heterocycles. The summed E-state index contributed by atoms with van der Waals surface area (Å²) in [6, 6.07) is 0. The molecule has 0 radical (unpaired) electrons. The van der Waals surface area contributed by atoms with Gasteiger partial charge in [0.1, 0.15) is 6.10 Å². The van der Waals surface area contributed by atoms with Crippen molar-refractivity contribution in [1.82, 2.24) is 0 Å². The zero-order chi connectivity index (χ0) is 22.0. The van der Waals surface area contributed by atoms with Crippen molar-refractivity contribution in [1.29, 1.82) is 0 Å². The minimum Gasteiger partial charge on any atom is -0.726 e. The molecule has 2 unspecified atom stereocenters. The summed E-state index contributed by atoms with van der Waals surface area (Å²) < 4.78 is 43.9. The summed E-state index contributed by atoms with van der Waals surface area (Å²) in [6.07, 6.45) is 5.74. The van der Waals surface area contributed by atoms with Crippen molar-refractivity contribution < 1.29 is 70.9 Å². The van der Waals surface area contributed by atoms with Crippen LogP contribution in [0.5, 0.6) is 0 Å². The fourth-order valence-corrected chi connectivity index (χ4v) is 2.29. The Morgan fingerprint density at radius 2 is 1.28 bits per heavy atom. The van der Waals surface area contributed by atoms with Crippen molar-refractivity contribution in [3.63, 3.8) is 0 Å². The summed E-state index contributed by atoms with van der Waals surface area (Å²) in [5.74, 6) is -1.36. The standard InChI is InChI=1S/C9H18O6S.C9H18O3.Na/c1-3-4-5-6-7-14-9(10)8(2)15-16(11,12)13;1-3-4-5-6-7-12-9(11)8(2)10;/h8H,3-7H2,1-2H3,(H,11,12,13);8,10H,3-7H2,1-2H3;/q;;+1/p-1. The van der Waals surface area contributed by atoms with E-state index in [1.807, 2.05) is 0 Å². The Balaban J connectivity index is -0.000000468. The number of hydrogen-bond donors (Lipinski definition) is 1. The van der Waals surface area contributed by atoms with E-state index >= 15 is 0 Å². The van der Waals surface area contributed by atoms with Gasteiger partial charge in [-0.05, 0) is 26.7 Å². The second-order valence-corrected chi connectivity index (χ2v) is 7.29. The van der Waals surface area contributed by atoms with Crippen molar-refractivity contribution in [3.05, 3.63) is 0 Å². The number of ether oxygens (including phenoxy) is 2. The zero-order valence-electron chi connectivity index (χ0n) is 18.3. The van der Waals surface area contributed by atoms with Crippen LogP contribution in [0.3, 0.4) is 0 Å². The molecule has 0 aromatic carbocycles. The van der Waals surface area contributed by atoms with E-state index in [2.05, 4.69) is 18.0 Å². The molecule has 29 heavy (non-hydrogen) atoms. The number of esters is 2. The SMILES string of the molecule is CCCCCCOC(=O)C(C)O.CCCCCCOC(=O)C(C)OS(=O)(=O)[O-].[Na+]. The Kier molecular flexibility index (Phi) is 24.2. The van der Waals surface area contributed by atoms with Gasteiger partial charge in [0.2, 0.25) is 10.4 Å². The molecule has 0 aromatic rings. The molecule has 0 spiro atoms. The van der Waals surface area contributed by atoms with Crippen LogP contribution >= 0.6 is 0 Å². The number of rotatable bonds is 14. The summed E-state index contributed by atoms with van der Waals surface area (Å²) >= 11 is 0. The topological polar surface area (TPSA) is 139 Å². The van der Waals surface area contributed by atoms with Crippen molar-refractivity contribution in [3.8, 4) is 0 Å². The monoisotopic (exact) mass is 450 g/mol. The van der Waals surface area contributed by atoms with Crippen LogP contribution in [0.15, 0.2) is 0 Å². The molecule has 11 heteroatoms. The number of unbranched alkanes of at least 4 members (excludes halogenated alkanes) is 6. The molecule has 0 heterocycles. The Morgan fingerprint density at radius 1 is 0.862 bits per heavy atom. The van der Waals surface area contributed by atoms with Gasteiger partial charge in [-0.25, -0.2) is 18.0 Å². The van der Waals surface area contributed by atoms with Crippen LogP contribution in [0, 0.1) is 0 Å². The van der Waals surface area contributed by atoms with Gasteiger partial charge < -0.3 is 19.1 Å². The van der Waals surface area contributed by atoms with Crippen molar-refractivity contribution in [2.45, 2.75) is 91.3 Å². The van der Waals surface area contributed by atoms with E-state index in [0.717, 1.165) is 45.4 Å². The first-order valence-electron chi connectivity index (χ1n) is 9.70. The molecule has 0 aromatic heterocycles. The quantitative estimate of drug-likeness (QED) is 0.122. The Bertz CT molecular complexity index is 509. The molecular weight excluding hydrogens is 415 g/mol. The molecule has 1 N–H and O–H groups in total. The van der Waals surface area contributed by atoms with Crippen LogP contribution in [-0.2, 0) is 33.6 Å². The normalized spacial score (nSPS) is 12.6. The summed E-state index contributed by atoms with van der Waals surface area (Å²) in [6.45, 7) is 7.40. The van der Waals surface area contributed by atoms with Crippen molar-refractivity contribution in [2.75, 3.05) is 13.2 Å². The van der Waals surface area contributed by atoms with Crippen LogP contribution in [0.4, 0.5) is 0 Å².